The molecule has 2 fully saturated rings. The number of aromatic nitrogens is 2. The first-order chi connectivity index (χ1) is 28.4. The van der Waals surface area contributed by atoms with Gasteiger partial charge in [-0.25, -0.2) is 10.0 Å². The van der Waals surface area contributed by atoms with Crippen molar-refractivity contribution in [3.8, 4) is 11.1 Å². The van der Waals surface area contributed by atoms with E-state index in [0.29, 0.717) is 30.4 Å². The third-order valence-electron chi connectivity index (χ3n) is 12.5. The highest BCUT2D eigenvalue weighted by Gasteiger charge is 2.41. The van der Waals surface area contributed by atoms with E-state index in [4.69, 9.17) is 9.82 Å². The topological polar surface area (TPSA) is 79.7 Å². The molecule has 2 aliphatic rings. The fourth-order valence-corrected chi connectivity index (χ4v) is 9.47. The van der Waals surface area contributed by atoms with Crippen LogP contribution in [0.1, 0.15) is 64.8 Å². The second-order valence-electron chi connectivity index (χ2n) is 15.9. The Labute approximate surface area is 342 Å². The number of imidazole rings is 1. The van der Waals surface area contributed by atoms with Crippen molar-refractivity contribution in [3.05, 3.63) is 186 Å². The standard InChI is InChI=1S/C50H53N5O3/c1-53(58-2)49(57)47(32-45-35-54(36-52-45)50(42-24-9-4-10-25-42,43-26-11-5-12-27-43)44-28-13-6-14-29-44)51-33-46-31-39-20-15-16-21-41(39)34-55(46)48(56)40-23-17-22-38(30-40)37-18-7-3-8-19-37/h3-14,17-19,22-30,35-36,39,41,46-47,51H,15-16,20-21,31-34H2,1-2H3/t39-,41-,46+,47?/m1/s1. The van der Waals surface area contributed by atoms with Crippen molar-refractivity contribution in [1.29, 1.82) is 0 Å². The van der Waals surface area contributed by atoms with Crippen LogP contribution in [0.15, 0.2) is 158 Å². The molecule has 1 saturated carbocycles. The van der Waals surface area contributed by atoms with Crippen LogP contribution >= 0.6 is 0 Å². The van der Waals surface area contributed by atoms with E-state index in [0.717, 1.165) is 52.9 Å². The molecular formula is C50H53N5O3. The van der Waals surface area contributed by atoms with Crippen molar-refractivity contribution in [1.82, 2.24) is 24.8 Å². The Kier molecular flexibility index (Phi) is 11.9. The summed E-state index contributed by atoms with van der Waals surface area (Å²) < 4.78 is 2.18. The number of benzene rings is 5. The molecule has 2 heterocycles. The number of fused-ring (bicyclic) bond motifs is 1. The Hall–Kier alpha value is -5.83. The SMILES string of the molecule is CON(C)C(=O)C(Cc1cn(C(c2ccccc2)(c2ccccc2)c2ccccc2)cn1)NC[C@@H]1C[C@H]2CCCC[C@@H]2CN1C(=O)c1cccc(-c2ccccc2)c1. The molecule has 1 aromatic heterocycles. The summed E-state index contributed by atoms with van der Waals surface area (Å²) >= 11 is 0. The number of rotatable bonds is 13. The van der Waals surface area contributed by atoms with Crippen LogP contribution in [-0.2, 0) is 21.6 Å². The van der Waals surface area contributed by atoms with E-state index >= 15 is 0 Å². The number of hydrogen-bond donors (Lipinski definition) is 1. The molecule has 1 saturated heterocycles. The lowest BCUT2D eigenvalue weighted by molar-refractivity contribution is -0.171. The van der Waals surface area contributed by atoms with Crippen LogP contribution in [0, 0.1) is 11.8 Å². The molecule has 0 radical (unpaired) electrons. The molecule has 0 spiro atoms. The number of amides is 2. The fourth-order valence-electron chi connectivity index (χ4n) is 9.47. The van der Waals surface area contributed by atoms with Gasteiger partial charge in [0.2, 0.25) is 0 Å². The van der Waals surface area contributed by atoms with Gasteiger partial charge >= 0.3 is 0 Å². The molecule has 1 N–H and O–H groups in total. The van der Waals surface area contributed by atoms with Crippen molar-refractivity contribution in [2.45, 2.75) is 56.1 Å². The fraction of sp³-hybridized carbons (Fsp3) is 0.300. The molecule has 6 aromatic rings. The van der Waals surface area contributed by atoms with Gasteiger partial charge in [-0.05, 0) is 64.6 Å². The summed E-state index contributed by atoms with van der Waals surface area (Å²) in [6, 6.07) is 49.0. The maximum Gasteiger partial charge on any atom is 0.263 e. The van der Waals surface area contributed by atoms with E-state index in [-0.39, 0.29) is 17.9 Å². The van der Waals surface area contributed by atoms with E-state index < -0.39 is 11.6 Å². The Bertz CT molecular complexity index is 2170. The molecular weight excluding hydrogens is 719 g/mol. The van der Waals surface area contributed by atoms with Crippen molar-refractivity contribution < 1.29 is 14.4 Å². The minimum absolute atomic E-state index is 0.0447. The smallest absolute Gasteiger partial charge is 0.263 e. The first-order valence-corrected chi connectivity index (χ1v) is 20.7. The average Bonchev–Trinajstić information content (AvgIpc) is 3.77. The predicted molar refractivity (Wildman–Crippen MR) is 229 cm³/mol. The summed E-state index contributed by atoms with van der Waals surface area (Å²) in [4.78, 5) is 41.1. The Morgan fingerprint density at radius 1 is 0.776 bits per heavy atom. The normalized spacial score (nSPS) is 18.6. The van der Waals surface area contributed by atoms with E-state index in [9.17, 15) is 9.59 Å². The summed E-state index contributed by atoms with van der Waals surface area (Å²) in [5, 5.41) is 4.94. The lowest BCUT2D eigenvalue weighted by Gasteiger charge is -2.46. The molecule has 5 aromatic carbocycles. The second-order valence-corrected chi connectivity index (χ2v) is 15.9. The number of carbonyl (C=O) groups is 2. The predicted octanol–water partition coefficient (Wildman–Crippen LogP) is 8.63. The van der Waals surface area contributed by atoms with Gasteiger partial charge in [-0.15, -0.1) is 0 Å². The summed E-state index contributed by atoms with van der Waals surface area (Å²) in [5.41, 5.74) is 6.14. The maximum absolute atomic E-state index is 14.5. The summed E-state index contributed by atoms with van der Waals surface area (Å²) in [7, 11) is 3.15. The zero-order valence-electron chi connectivity index (χ0n) is 33.5. The van der Waals surface area contributed by atoms with Crippen LogP contribution in [0.4, 0.5) is 0 Å². The Balaban J connectivity index is 1.10. The number of hydroxylamine groups is 2. The highest BCUT2D eigenvalue weighted by molar-refractivity contribution is 5.96. The number of likely N-dealkylation sites (N-methyl/N-ethyl adjacent to an activating group) is 1. The third kappa shape index (κ3) is 8.00. The molecule has 58 heavy (non-hydrogen) atoms. The number of nitrogens with zero attached hydrogens (tertiary/aromatic N) is 4. The number of likely N-dealkylation sites (tertiary alicyclic amines) is 1. The summed E-state index contributed by atoms with van der Waals surface area (Å²) in [5.74, 6) is 0.904. The summed E-state index contributed by atoms with van der Waals surface area (Å²) in [6.07, 6.45) is 9.98. The lowest BCUT2D eigenvalue weighted by Crippen LogP contribution is -2.56. The van der Waals surface area contributed by atoms with Gasteiger partial charge in [-0.2, -0.15) is 0 Å². The molecule has 8 rings (SSSR count). The van der Waals surface area contributed by atoms with Crippen LogP contribution in [0.5, 0.6) is 0 Å². The quantitative estimate of drug-likeness (QED) is 0.0940. The zero-order valence-corrected chi connectivity index (χ0v) is 33.5. The first-order valence-electron chi connectivity index (χ1n) is 20.7. The molecule has 296 valence electrons. The van der Waals surface area contributed by atoms with Crippen molar-refractivity contribution >= 4 is 11.8 Å². The van der Waals surface area contributed by atoms with Crippen molar-refractivity contribution in [3.63, 3.8) is 0 Å². The average molecular weight is 772 g/mol. The molecule has 2 amide bonds. The van der Waals surface area contributed by atoms with E-state index in [1.54, 1.807) is 7.05 Å². The lowest BCUT2D eigenvalue weighted by atomic mass is 9.72. The highest BCUT2D eigenvalue weighted by atomic mass is 16.7. The minimum Gasteiger partial charge on any atom is -0.334 e. The molecule has 8 heteroatoms. The third-order valence-corrected chi connectivity index (χ3v) is 12.5. The molecule has 0 bridgehead atoms. The first kappa shape index (κ1) is 39.0. The van der Waals surface area contributed by atoms with Gasteiger partial charge in [0, 0.05) is 44.4 Å². The van der Waals surface area contributed by atoms with Gasteiger partial charge in [-0.3, -0.25) is 14.4 Å². The molecule has 1 aliphatic carbocycles. The Morgan fingerprint density at radius 3 is 1.95 bits per heavy atom. The van der Waals surface area contributed by atoms with E-state index in [1.165, 1.54) is 31.4 Å². The van der Waals surface area contributed by atoms with Gasteiger partial charge in [-0.1, -0.05) is 153 Å². The number of hydrogen-bond acceptors (Lipinski definition) is 5. The van der Waals surface area contributed by atoms with Gasteiger partial charge in [0.1, 0.15) is 5.54 Å². The molecule has 8 nitrogen and oxygen atoms in total. The number of nitrogens with one attached hydrogen (secondary N) is 1. The van der Waals surface area contributed by atoms with Gasteiger partial charge in [0.15, 0.2) is 0 Å². The molecule has 4 atom stereocenters. The largest absolute Gasteiger partial charge is 0.334 e. The van der Waals surface area contributed by atoms with Crippen LogP contribution in [0.3, 0.4) is 0 Å². The van der Waals surface area contributed by atoms with Crippen molar-refractivity contribution in [2.75, 3.05) is 27.2 Å². The van der Waals surface area contributed by atoms with Crippen LogP contribution in [0.2, 0.25) is 0 Å². The van der Waals surface area contributed by atoms with Crippen LogP contribution < -0.4 is 5.32 Å². The summed E-state index contributed by atoms with van der Waals surface area (Å²) in [6.45, 7) is 1.21. The zero-order chi connectivity index (χ0) is 39.9. The molecule has 1 aliphatic heterocycles. The number of piperidine rings is 1. The van der Waals surface area contributed by atoms with Crippen LogP contribution in [0.25, 0.3) is 11.1 Å². The second kappa shape index (κ2) is 17.8. The van der Waals surface area contributed by atoms with Gasteiger partial charge in [0.05, 0.1) is 25.2 Å². The van der Waals surface area contributed by atoms with E-state index in [1.807, 2.05) is 60.9 Å². The van der Waals surface area contributed by atoms with Gasteiger partial charge < -0.3 is 14.8 Å². The van der Waals surface area contributed by atoms with Crippen LogP contribution in [-0.4, -0.2) is 70.7 Å². The molecule has 1 unspecified atom stereocenters. The monoisotopic (exact) mass is 771 g/mol. The van der Waals surface area contributed by atoms with E-state index in [2.05, 4.69) is 112 Å². The highest BCUT2D eigenvalue weighted by Crippen LogP contribution is 2.42. The number of carbonyl (C=O) groups excluding carboxylic acids is 2. The van der Waals surface area contributed by atoms with Gasteiger partial charge in [0.25, 0.3) is 11.8 Å². The Morgan fingerprint density at radius 2 is 1.34 bits per heavy atom. The minimum atomic E-state index is -0.720. The van der Waals surface area contributed by atoms with Crippen molar-refractivity contribution in [2.24, 2.45) is 11.8 Å². The maximum atomic E-state index is 14.5.